The number of amides is 3. The maximum Gasteiger partial charge on any atom is 0.329 e. The van der Waals surface area contributed by atoms with Gasteiger partial charge in [0.2, 0.25) is 11.8 Å². The van der Waals surface area contributed by atoms with Gasteiger partial charge in [0.25, 0.3) is 11.6 Å². The number of carbonyl (C=O) groups is 3. The quantitative estimate of drug-likeness (QED) is 0.203. The summed E-state index contributed by atoms with van der Waals surface area (Å²) < 4.78 is 2.99. The largest absolute Gasteiger partial charge is 0.352 e. The summed E-state index contributed by atoms with van der Waals surface area (Å²) in [5.74, 6) is -1.04. The summed E-state index contributed by atoms with van der Waals surface area (Å²) in [6.07, 6.45) is 3.85. The second kappa shape index (κ2) is 10.5. The predicted molar refractivity (Wildman–Crippen MR) is 132 cm³/mol. The molecule has 3 amide bonds. The van der Waals surface area contributed by atoms with Crippen molar-refractivity contribution in [3.05, 3.63) is 74.2 Å². The molecule has 0 bridgehead atoms. The van der Waals surface area contributed by atoms with E-state index in [1.54, 1.807) is 7.05 Å². The number of unbranched alkanes of at least 4 members (excludes halogenated alkanes) is 2. The normalized spacial score (nSPS) is 15.6. The number of rotatable bonds is 9. The van der Waals surface area contributed by atoms with Gasteiger partial charge in [-0.15, -0.1) is 0 Å². The van der Waals surface area contributed by atoms with Gasteiger partial charge in [-0.25, -0.2) is 4.79 Å². The van der Waals surface area contributed by atoms with Crippen LogP contribution in [0.2, 0.25) is 0 Å². The number of nitrogens with one attached hydrogen (secondary N) is 2. The second-order valence-corrected chi connectivity index (χ2v) is 8.87. The van der Waals surface area contributed by atoms with Crippen LogP contribution >= 0.6 is 0 Å². The maximum atomic E-state index is 12.9. The van der Waals surface area contributed by atoms with Crippen LogP contribution in [0.15, 0.2) is 47.3 Å². The molecule has 0 saturated carbocycles. The molecule has 0 radical (unpaired) electrons. The molecule has 188 valence electrons. The number of non-ortho nitro benzene ring substituents is 1. The Morgan fingerprint density at radius 2 is 1.83 bits per heavy atom. The van der Waals surface area contributed by atoms with Gasteiger partial charge in [-0.3, -0.25) is 38.9 Å². The van der Waals surface area contributed by atoms with E-state index in [0.717, 1.165) is 36.8 Å². The Hall–Kier alpha value is -4.28. The van der Waals surface area contributed by atoms with Crippen molar-refractivity contribution in [1.29, 1.82) is 0 Å². The molecule has 1 fully saturated rings. The van der Waals surface area contributed by atoms with Crippen molar-refractivity contribution in [2.75, 3.05) is 6.54 Å². The fourth-order valence-electron chi connectivity index (χ4n) is 4.46. The molecule has 2 aromatic carbocycles. The number of nitrogens with zero attached hydrogens (tertiary/aromatic N) is 3. The lowest BCUT2D eigenvalue weighted by Crippen LogP contribution is -2.44. The first-order chi connectivity index (χ1) is 17.3. The third kappa shape index (κ3) is 5.19. The van der Waals surface area contributed by atoms with E-state index in [1.165, 1.54) is 33.4 Å². The Labute approximate surface area is 206 Å². The number of hydrogen-bond donors (Lipinski definition) is 2. The molecule has 1 atom stereocenters. The summed E-state index contributed by atoms with van der Waals surface area (Å²) >= 11 is 0. The Bertz CT molecular complexity index is 1390. The molecule has 11 nitrogen and oxygen atoms in total. The fourth-order valence-corrected chi connectivity index (χ4v) is 4.46. The van der Waals surface area contributed by atoms with Gasteiger partial charge in [-0.2, -0.15) is 0 Å². The molecular formula is C25H27N5O6. The van der Waals surface area contributed by atoms with Gasteiger partial charge in [-0.1, -0.05) is 12.5 Å². The summed E-state index contributed by atoms with van der Waals surface area (Å²) in [5, 5.41) is 15.8. The van der Waals surface area contributed by atoms with E-state index < -0.39 is 16.9 Å². The highest BCUT2D eigenvalue weighted by molar-refractivity contribution is 6.00. The Kier molecular flexibility index (Phi) is 7.28. The lowest BCUT2D eigenvalue weighted by Gasteiger charge is -2.21. The first kappa shape index (κ1) is 24.8. The number of nitro benzene ring substituents is 1. The van der Waals surface area contributed by atoms with Crippen LogP contribution in [0, 0.1) is 10.1 Å². The zero-order valence-electron chi connectivity index (χ0n) is 19.9. The van der Waals surface area contributed by atoms with Crippen LogP contribution in [0.1, 0.15) is 54.1 Å². The van der Waals surface area contributed by atoms with Crippen molar-refractivity contribution >= 4 is 34.4 Å². The Morgan fingerprint density at radius 3 is 2.53 bits per heavy atom. The Morgan fingerprint density at radius 1 is 1.08 bits per heavy atom. The summed E-state index contributed by atoms with van der Waals surface area (Å²) in [6.45, 7) is 0.498. The number of fused-ring (bicyclic) bond motifs is 1. The number of aromatic nitrogens is 2. The zero-order chi connectivity index (χ0) is 25.8. The van der Waals surface area contributed by atoms with E-state index in [1.807, 2.05) is 18.2 Å². The summed E-state index contributed by atoms with van der Waals surface area (Å²) in [7, 11) is 1.67. The van der Waals surface area contributed by atoms with Gasteiger partial charge in [0, 0.05) is 37.7 Å². The van der Waals surface area contributed by atoms with Crippen LogP contribution < -0.4 is 16.3 Å². The SMILES string of the molecule is Cn1c(=O)n(C2CCC(=O)NC2=O)c2ccc(CCCCCNC(=O)c3ccc([N+](=O)[O-])cc3)cc21. The van der Waals surface area contributed by atoms with Crippen LogP contribution in [0.5, 0.6) is 0 Å². The number of imide groups is 1. The summed E-state index contributed by atoms with van der Waals surface area (Å²) in [6, 6.07) is 10.5. The smallest absolute Gasteiger partial charge is 0.329 e. The number of benzene rings is 2. The monoisotopic (exact) mass is 493 g/mol. The summed E-state index contributed by atoms with van der Waals surface area (Å²) in [4.78, 5) is 59.0. The minimum absolute atomic E-state index is 0.0580. The maximum absolute atomic E-state index is 12.9. The van der Waals surface area contributed by atoms with Crippen molar-refractivity contribution in [1.82, 2.24) is 19.8 Å². The molecule has 1 saturated heterocycles. The molecule has 11 heteroatoms. The van der Waals surface area contributed by atoms with Crippen molar-refractivity contribution in [3.63, 3.8) is 0 Å². The first-order valence-electron chi connectivity index (χ1n) is 11.8. The summed E-state index contributed by atoms with van der Waals surface area (Å²) in [5.41, 5.74) is 2.49. The molecule has 2 N–H and O–H groups in total. The molecular weight excluding hydrogens is 466 g/mol. The molecule has 36 heavy (non-hydrogen) atoms. The van der Waals surface area contributed by atoms with E-state index >= 15 is 0 Å². The molecule has 1 unspecified atom stereocenters. The minimum Gasteiger partial charge on any atom is -0.352 e. The van der Waals surface area contributed by atoms with Gasteiger partial charge < -0.3 is 5.32 Å². The van der Waals surface area contributed by atoms with E-state index in [2.05, 4.69) is 10.6 Å². The topological polar surface area (TPSA) is 145 Å². The van der Waals surface area contributed by atoms with E-state index in [9.17, 15) is 29.3 Å². The second-order valence-electron chi connectivity index (χ2n) is 8.87. The highest BCUT2D eigenvalue weighted by Gasteiger charge is 2.31. The number of carbonyl (C=O) groups excluding carboxylic acids is 3. The first-order valence-corrected chi connectivity index (χ1v) is 11.8. The van der Waals surface area contributed by atoms with Crippen LogP contribution in [-0.2, 0) is 23.1 Å². The van der Waals surface area contributed by atoms with Gasteiger partial charge in [-0.05, 0) is 55.5 Å². The molecule has 4 rings (SSSR count). The molecule has 0 aliphatic carbocycles. The van der Waals surface area contributed by atoms with Crippen LogP contribution in [0.3, 0.4) is 0 Å². The third-order valence-electron chi connectivity index (χ3n) is 6.44. The van der Waals surface area contributed by atoms with Crippen molar-refractivity contribution in [3.8, 4) is 0 Å². The number of aryl methyl sites for hydroxylation is 2. The number of nitro groups is 1. The van der Waals surface area contributed by atoms with Crippen LogP contribution in [0.25, 0.3) is 11.0 Å². The molecule has 1 aliphatic heterocycles. The van der Waals surface area contributed by atoms with Crippen molar-refractivity contribution in [2.45, 2.75) is 44.6 Å². The fraction of sp³-hybridized carbons (Fsp3) is 0.360. The van der Waals surface area contributed by atoms with E-state index in [4.69, 9.17) is 0 Å². The average Bonchev–Trinajstić information content (AvgIpc) is 3.10. The Balaban J connectivity index is 1.29. The van der Waals surface area contributed by atoms with Gasteiger partial charge in [0.15, 0.2) is 0 Å². The van der Waals surface area contributed by atoms with Crippen molar-refractivity contribution < 1.29 is 19.3 Å². The highest BCUT2D eigenvalue weighted by Crippen LogP contribution is 2.24. The predicted octanol–water partition coefficient (Wildman–Crippen LogP) is 2.37. The van der Waals surface area contributed by atoms with Gasteiger partial charge in [0.05, 0.1) is 16.0 Å². The standard InChI is InChI=1S/C25H27N5O6/c1-28-21-15-16(6-11-19(21)29(25(28)34)20-12-13-22(31)27-24(20)33)5-3-2-4-14-26-23(32)17-7-9-18(10-8-17)30(35)36/h6-11,15,20H,2-5,12-14H2,1H3,(H,26,32)(H,27,31,33). The molecule has 2 heterocycles. The number of hydrogen-bond acceptors (Lipinski definition) is 6. The minimum atomic E-state index is -0.703. The van der Waals surface area contributed by atoms with Gasteiger partial charge >= 0.3 is 5.69 Å². The van der Waals surface area contributed by atoms with E-state index in [-0.39, 0.29) is 29.6 Å². The molecule has 1 aromatic heterocycles. The number of imidazole rings is 1. The van der Waals surface area contributed by atoms with Crippen LogP contribution in [0.4, 0.5) is 5.69 Å². The van der Waals surface area contributed by atoms with Crippen LogP contribution in [-0.4, -0.2) is 38.3 Å². The third-order valence-corrected chi connectivity index (χ3v) is 6.44. The average molecular weight is 494 g/mol. The lowest BCUT2D eigenvalue weighted by atomic mass is 10.0. The lowest BCUT2D eigenvalue weighted by molar-refractivity contribution is -0.384. The highest BCUT2D eigenvalue weighted by atomic mass is 16.6. The zero-order valence-corrected chi connectivity index (χ0v) is 19.9. The van der Waals surface area contributed by atoms with E-state index in [0.29, 0.717) is 24.0 Å². The molecule has 1 aliphatic rings. The van der Waals surface area contributed by atoms with Crippen molar-refractivity contribution in [2.24, 2.45) is 7.05 Å². The van der Waals surface area contributed by atoms with Gasteiger partial charge in [0.1, 0.15) is 6.04 Å². The number of piperidine rings is 1. The molecule has 0 spiro atoms. The molecule has 3 aromatic rings.